The first-order valence-corrected chi connectivity index (χ1v) is 6.92. The van der Waals surface area contributed by atoms with Gasteiger partial charge < -0.3 is 14.3 Å². The van der Waals surface area contributed by atoms with Crippen molar-refractivity contribution in [1.82, 2.24) is 0 Å². The van der Waals surface area contributed by atoms with Crippen LogP contribution in [0.25, 0.3) is 0 Å². The largest absolute Gasteiger partial charge is 0.496 e. The van der Waals surface area contributed by atoms with Crippen LogP contribution in [0.4, 0.5) is 0 Å². The van der Waals surface area contributed by atoms with E-state index in [2.05, 4.69) is 15.9 Å². The van der Waals surface area contributed by atoms with Gasteiger partial charge in [-0.2, -0.15) is 0 Å². The zero-order chi connectivity index (χ0) is 14.5. The van der Waals surface area contributed by atoms with Crippen LogP contribution >= 0.6 is 15.9 Å². The maximum absolute atomic E-state index is 11.7. The second-order valence-corrected chi connectivity index (χ2v) is 5.07. The Hall–Kier alpha value is -1.81. The molecule has 20 heavy (non-hydrogen) atoms. The van der Waals surface area contributed by atoms with Crippen LogP contribution in [0.2, 0.25) is 0 Å². The van der Waals surface area contributed by atoms with Crippen molar-refractivity contribution >= 4 is 22.2 Å². The molecule has 104 valence electrons. The van der Waals surface area contributed by atoms with Gasteiger partial charge in [-0.15, -0.1) is 0 Å². The van der Waals surface area contributed by atoms with Gasteiger partial charge in [-0.05, 0) is 23.8 Å². The van der Waals surface area contributed by atoms with Crippen LogP contribution in [0.1, 0.15) is 17.0 Å². The minimum absolute atomic E-state index is 0.448. The van der Waals surface area contributed by atoms with Crippen molar-refractivity contribution in [2.75, 3.05) is 14.2 Å². The van der Waals surface area contributed by atoms with E-state index >= 15 is 0 Å². The number of carbonyl (C=O) groups excluding carboxylic acids is 1. The predicted molar refractivity (Wildman–Crippen MR) is 81.6 cm³/mol. The van der Waals surface area contributed by atoms with Crippen molar-refractivity contribution in [1.29, 1.82) is 0 Å². The number of ether oxygens (including phenoxy) is 2. The van der Waals surface area contributed by atoms with Crippen molar-refractivity contribution in [3.8, 4) is 11.5 Å². The fraction of sp³-hybridized carbons (Fsp3) is 0.188. The topological polar surface area (TPSA) is 35.5 Å². The number of benzene rings is 2. The fourth-order valence-corrected chi connectivity index (χ4v) is 2.74. The molecule has 0 radical (unpaired) electrons. The van der Waals surface area contributed by atoms with E-state index in [0.29, 0.717) is 11.5 Å². The molecule has 0 amide bonds. The Morgan fingerprint density at radius 1 is 1.00 bits per heavy atom. The van der Waals surface area contributed by atoms with E-state index in [4.69, 9.17) is 9.47 Å². The first-order chi connectivity index (χ1) is 9.72. The molecule has 0 bridgehead atoms. The third kappa shape index (κ3) is 2.70. The van der Waals surface area contributed by atoms with Gasteiger partial charge in [0.25, 0.3) is 0 Å². The minimum Gasteiger partial charge on any atom is -0.496 e. The van der Waals surface area contributed by atoms with Crippen molar-refractivity contribution < 1.29 is 14.3 Å². The normalized spacial score (nSPS) is 11.8. The van der Waals surface area contributed by atoms with E-state index < -0.39 is 5.92 Å². The van der Waals surface area contributed by atoms with Crippen LogP contribution in [-0.4, -0.2) is 20.5 Å². The summed E-state index contributed by atoms with van der Waals surface area (Å²) in [4.78, 5) is 11.7. The van der Waals surface area contributed by atoms with Crippen LogP contribution < -0.4 is 9.47 Å². The Kier molecular flexibility index (Phi) is 4.79. The van der Waals surface area contributed by atoms with Gasteiger partial charge in [0.05, 0.1) is 25.7 Å². The van der Waals surface area contributed by atoms with Crippen molar-refractivity contribution in [2.24, 2.45) is 0 Å². The summed E-state index contributed by atoms with van der Waals surface area (Å²) in [5, 5.41) is 0. The third-order valence-corrected chi connectivity index (χ3v) is 3.88. The molecule has 0 heterocycles. The summed E-state index contributed by atoms with van der Waals surface area (Å²) in [5.74, 6) is 0.825. The van der Waals surface area contributed by atoms with Gasteiger partial charge in [0.1, 0.15) is 17.8 Å². The van der Waals surface area contributed by atoms with Gasteiger partial charge in [0.15, 0.2) is 0 Å². The summed E-state index contributed by atoms with van der Waals surface area (Å²) >= 11 is 3.49. The zero-order valence-electron chi connectivity index (χ0n) is 11.3. The molecule has 1 unspecified atom stereocenters. The summed E-state index contributed by atoms with van der Waals surface area (Å²) in [7, 11) is 3.17. The van der Waals surface area contributed by atoms with Crippen molar-refractivity contribution in [2.45, 2.75) is 5.92 Å². The van der Waals surface area contributed by atoms with E-state index in [1.807, 2.05) is 42.5 Å². The lowest BCUT2D eigenvalue weighted by Gasteiger charge is -2.19. The van der Waals surface area contributed by atoms with Gasteiger partial charge in [-0.1, -0.05) is 40.2 Å². The molecular formula is C16H15BrO3. The van der Waals surface area contributed by atoms with Crippen LogP contribution in [0.5, 0.6) is 11.5 Å². The molecule has 0 N–H and O–H groups in total. The van der Waals surface area contributed by atoms with Crippen LogP contribution in [0.15, 0.2) is 46.9 Å². The van der Waals surface area contributed by atoms with Gasteiger partial charge in [0, 0.05) is 4.47 Å². The highest BCUT2D eigenvalue weighted by molar-refractivity contribution is 9.10. The molecule has 0 saturated carbocycles. The summed E-state index contributed by atoms with van der Waals surface area (Å²) in [6.45, 7) is 0. The maximum atomic E-state index is 11.7. The van der Waals surface area contributed by atoms with Gasteiger partial charge in [-0.25, -0.2) is 0 Å². The molecule has 0 aromatic heterocycles. The lowest BCUT2D eigenvalue weighted by atomic mass is 9.91. The molecule has 0 aliphatic heterocycles. The van der Waals surface area contributed by atoms with E-state index in [1.165, 1.54) is 0 Å². The number of halogens is 1. The molecule has 0 saturated heterocycles. The first kappa shape index (κ1) is 14.6. The maximum Gasteiger partial charge on any atom is 0.132 e. The monoisotopic (exact) mass is 334 g/mol. The molecule has 0 fully saturated rings. The number of carbonyl (C=O) groups is 1. The third-order valence-electron chi connectivity index (χ3n) is 3.15. The first-order valence-electron chi connectivity index (χ1n) is 6.13. The Morgan fingerprint density at radius 2 is 1.60 bits per heavy atom. The molecule has 4 heteroatoms. The smallest absolute Gasteiger partial charge is 0.132 e. The molecular weight excluding hydrogens is 320 g/mol. The van der Waals surface area contributed by atoms with Crippen LogP contribution in [0.3, 0.4) is 0 Å². The number of methoxy groups -OCH3 is 2. The number of rotatable bonds is 5. The highest BCUT2D eigenvalue weighted by Gasteiger charge is 2.23. The van der Waals surface area contributed by atoms with Crippen molar-refractivity contribution in [3.05, 3.63) is 58.1 Å². The molecule has 3 nitrogen and oxygen atoms in total. The second-order valence-electron chi connectivity index (χ2n) is 4.21. The molecule has 2 aromatic carbocycles. The Bertz CT molecular complexity index is 588. The Morgan fingerprint density at radius 3 is 2.10 bits per heavy atom. The molecule has 2 rings (SSSR count). The fourth-order valence-electron chi connectivity index (χ4n) is 2.21. The number of aldehydes is 1. The van der Waals surface area contributed by atoms with Crippen LogP contribution in [0, 0.1) is 0 Å². The van der Waals surface area contributed by atoms with E-state index in [1.54, 1.807) is 14.2 Å². The van der Waals surface area contributed by atoms with Crippen LogP contribution in [-0.2, 0) is 4.79 Å². The zero-order valence-corrected chi connectivity index (χ0v) is 12.9. The molecule has 0 spiro atoms. The Labute approximate surface area is 126 Å². The van der Waals surface area contributed by atoms with E-state index in [-0.39, 0.29) is 0 Å². The summed E-state index contributed by atoms with van der Waals surface area (Å²) < 4.78 is 11.6. The molecule has 2 aromatic rings. The minimum atomic E-state index is -0.448. The van der Waals surface area contributed by atoms with Gasteiger partial charge in [0.2, 0.25) is 0 Å². The average molecular weight is 335 g/mol. The van der Waals surface area contributed by atoms with Gasteiger partial charge >= 0.3 is 0 Å². The van der Waals surface area contributed by atoms with Gasteiger partial charge in [-0.3, -0.25) is 0 Å². The quantitative estimate of drug-likeness (QED) is 0.780. The average Bonchev–Trinajstić information content (AvgIpc) is 2.49. The Balaban J connectivity index is 2.63. The summed E-state index contributed by atoms with van der Waals surface area (Å²) in [6.07, 6.45) is 0.903. The standard InChI is InChI=1S/C16H15BrO3/c1-19-14-8-5-9-15(20-2)16(14)12(10-18)11-6-3-4-7-13(11)17/h3-10,12H,1-2H3. The molecule has 0 aliphatic carbocycles. The highest BCUT2D eigenvalue weighted by Crippen LogP contribution is 2.39. The SMILES string of the molecule is COc1cccc(OC)c1C(C=O)c1ccccc1Br. The van der Waals surface area contributed by atoms with E-state index in [0.717, 1.165) is 21.9 Å². The summed E-state index contributed by atoms with van der Waals surface area (Å²) in [6, 6.07) is 13.1. The second kappa shape index (κ2) is 6.57. The molecule has 0 aliphatic rings. The molecule has 1 atom stereocenters. The number of hydrogen-bond acceptors (Lipinski definition) is 3. The summed E-state index contributed by atoms with van der Waals surface area (Å²) in [5.41, 5.74) is 1.62. The lowest BCUT2D eigenvalue weighted by molar-refractivity contribution is -0.108. The highest BCUT2D eigenvalue weighted by atomic mass is 79.9. The number of hydrogen-bond donors (Lipinski definition) is 0. The van der Waals surface area contributed by atoms with Crippen molar-refractivity contribution in [3.63, 3.8) is 0 Å². The van der Waals surface area contributed by atoms with E-state index in [9.17, 15) is 4.79 Å². The lowest BCUT2D eigenvalue weighted by Crippen LogP contribution is -2.07. The predicted octanol–water partition coefficient (Wildman–Crippen LogP) is 3.80.